The van der Waals surface area contributed by atoms with E-state index >= 15 is 0 Å². The number of carbonyl (C=O) groups is 1. The molecule has 1 aromatic carbocycles. The second-order valence-corrected chi connectivity index (χ2v) is 7.40. The maximum absolute atomic E-state index is 12.1. The highest BCUT2D eigenvalue weighted by atomic mass is 32.2. The molecule has 26 heavy (non-hydrogen) atoms. The topological polar surface area (TPSA) is 59.4 Å². The summed E-state index contributed by atoms with van der Waals surface area (Å²) in [5, 5.41) is 3.83. The molecule has 7 heteroatoms. The molecule has 1 N–H and O–H groups in total. The molecule has 0 aliphatic carbocycles. The Hall–Kier alpha value is -1.83. The van der Waals surface area contributed by atoms with Crippen molar-refractivity contribution >= 4 is 17.7 Å². The van der Waals surface area contributed by atoms with Crippen LogP contribution in [-0.4, -0.2) is 65.5 Å². The number of imidazole rings is 1. The lowest BCUT2D eigenvalue weighted by Crippen LogP contribution is -2.41. The van der Waals surface area contributed by atoms with Gasteiger partial charge in [-0.2, -0.15) is 0 Å². The van der Waals surface area contributed by atoms with Gasteiger partial charge in [0, 0.05) is 38.6 Å². The van der Waals surface area contributed by atoms with E-state index in [0.29, 0.717) is 12.3 Å². The number of thioether (sulfide) groups is 1. The Kier molecular flexibility index (Phi) is 6.71. The minimum atomic E-state index is 0.0405. The monoisotopic (exact) mass is 374 g/mol. The first-order valence-electron chi connectivity index (χ1n) is 8.94. The molecule has 0 atom stereocenters. The van der Waals surface area contributed by atoms with Crippen LogP contribution in [0.5, 0.6) is 0 Å². The van der Waals surface area contributed by atoms with Crippen molar-refractivity contribution in [3.8, 4) is 5.69 Å². The molecule has 3 rings (SSSR count). The van der Waals surface area contributed by atoms with Crippen molar-refractivity contribution in [3.63, 3.8) is 0 Å². The molecule has 2 heterocycles. The number of morpholine rings is 1. The van der Waals surface area contributed by atoms with Gasteiger partial charge in [0.1, 0.15) is 0 Å². The Morgan fingerprint density at radius 2 is 2.12 bits per heavy atom. The number of carbonyl (C=O) groups excluding carboxylic acids is 1. The van der Waals surface area contributed by atoms with E-state index in [0.717, 1.165) is 43.7 Å². The third kappa shape index (κ3) is 5.09. The molecule has 0 radical (unpaired) electrons. The fraction of sp³-hybridized carbons (Fsp3) is 0.474. The molecular weight excluding hydrogens is 348 g/mol. The van der Waals surface area contributed by atoms with Gasteiger partial charge < -0.3 is 10.1 Å². The molecular formula is C19H26N4O2S. The summed E-state index contributed by atoms with van der Waals surface area (Å²) in [6, 6.07) is 6.35. The first-order chi connectivity index (χ1) is 12.6. The highest BCUT2D eigenvalue weighted by Gasteiger charge is 2.12. The highest BCUT2D eigenvalue weighted by molar-refractivity contribution is 7.99. The normalized spacial score (nSPS) is 15.2. The van der Waals surface area contributed by atoms with E-state index in [4.69, 9.17) is 4.74 Å². The second-order valence-electron chi connectivity index (χ2n) is 6.46. The van der Waals surface area contributed by atoms with Crippen molar-refractivity contribution in [2.24, 2.45) is 0 Å². The molecule has 140 valence electrons. The van der Waals surface area contributed by atoms with Crippen LogP contribution >= 0.6 is 11.8 Å². The minimum Gasteiger partial charge on any atom is -0.379 e. The molecule has 0 spiro atoms. The van der Waals surface area contributed by atoms with Gasteiger partial charge in [0.25, 0.3) is 0 Å². The van der Waals surface area contributed by atoms with E-state index in [1.165, 1.54) is 22.9 Å². The number of nitrogens with one attached hydrogen (secondary N) is 1. The van der Waals surface area contributed by atoms with E-state index < -0.39 is 0 Å². The van der Waals surface area contributed by atoms with Gasteiger partial charge in [0.15, 0.2) is 5.16 Å². The Morgan fingerprint density at radius 1 is 1.31 bits per heavy atom. The number of hydrogen-bond donors (Lipinski definition) is 1. The van der Waals surface area contributed by atoms with Crippen LogP contribution in [0, 0.1) is 13.8 Å². The van der Waals surface area contributed by atoms with Gasteiger partial charge in [-0.25, -0.2) is 4.98 Å². The fourth-order valence-corrected chi connectivity index (χ4v) is 3.71. The first kappa shape index (κ1) is 18.9. The molecule has 1 aromatic heterocycles. The Balaban J connectivity index is 1.50. The third-order valence-corrected chi connectivity index (χ3v) is 5.38. The first-order valence-corrected chi connectivity index (χ1v) is 9.92. The summed E-state index contributed by atoms with van der Waals surface area (Å²) in [5.74, 6) is 0.407. The molecule has 0 unspecified atom stereocenters. The number of aryl methyl sites for hydroxylation is 2. The van der Waals surface area contributed by atoms with Gasteiger partial charge in [-0.15, -0.1) is 0 Å². The maximum Gasteiger partial charge on any atom is 0.230 e. The third-order valence-electron chi connectivity index (χ3n) is 4.42. The van der Waals surface area contributed by atoms with Crippen molar-refractivity contribution < 1.29 is 9.53 Å². The van der Waals surface area contributed by atoms with Crippen LogP contribution in [0.4, 0.5) is 0 Å². The number of aromatic nitrogens is 2. The number of ether oxygens (including phenoxy) is 1. The van der Waals surface area contributed by atoms with E-state index in [9.17, 15) is 4.79 Å². The zero-order valence-electron chi connectivity index (χ0n) is 15.4. The summed E-state index contributed by atoms with van der Waals surface area (Å²) in [5.41, 5.74) is 3.50. The minimum absolute atomic E-state index is 0.0405. The van der Waals surface area contributed by atoms with E-state index in [-0.39, 0.29) is 5.91 Å². The summed E-state index contributed by atoms with van der Waals surface area (Å²) >= 11 is 1.46. The predicted octanol–water partition coefficient (Wildman–Crippen LogP) is 2.03. The van der Waals surface area contributed by atoms with E-state index in [1.54, 1.807) is 6.20 Å². The van der Waals surface area contributed by atoms with Gasteiger partial charge in [-0.1, -0.05) is 23.9 Å². The van der Waals surface area contributed by atoms with Crippen molar-refractivity contribution in [2.75, 3.05) is 45.1 Å². The lowest BCUT2D eigenvalue weighted by molar-refractivity contribution is -0.118. The van der Waals surface area contributed by atoms with Gasteiger partial charge in [-0.05, 0) is 31.0 Å². The highest BCUT2D eigenvalue weighted by Crippen LogP contribution is 2.23. The average molecular weight is 375 g/mol. The van der Waals surface area contributed by atoms with Gasteiger partial charge in [-0.3, -0.25) is 14.3 Å². The summed E-state index contributed by atoms with van der Waals surface area (Å²) < 4.78 is 7.38. The molecule has 1 fully saturated rings. The predicted molar refractivity (Wildman–Crippen MR) is 104 cm³/mol. The Morgan fingerprint density at radius 3 is 2.92 bits per heavy atom. The smallest absolute Gasteiger partial charge is 0.230 e. The van der Waals surface area contributed by atoms with Crippen LogP contribution < -0.4 is 5.32 Å². The standard InChI is InChI=1S/C19H26N4O2S/c1-15-3-4-16(2)17(13-15)23-8-6-21-19(23)26-14-18(24)20-5-7-22-9-11-25-12-10-22/h3-4,6,8,13H,5,7,9-12,14H2,1-2H3,(H,20,24). The number of hydrogen-bond acceptors (Lipinski definition) is 5. The molecule has 1 aliphatic rings. The van der Waals surface area contributed by atoms with Gasteiger partial charge in [0.2, 0.25) is 5.91 Å². The maximum atomic E-state index is 12.1. The fourth-order valence-electron chi connectivity index (χ4n) is 2.92. The van der Waals surface area contributed by atoms with Crippen LogP contribution in [0.2, 0.25) is 0 Å². The molecule has 1 saturated heterocycles. The quantitative estimate of drug-likeness (QED) is 0.752. The number of rotatable bonds is 7. The molecule has 1 aliphatic heterocycles. The number of amides is 1. The summed E-state index contributed by atoms with van der Waals surface area (Å²) in [6.45, 7) is 9.16. The SMILES string of the molecule is Cc1ccc(C)c(-n2ccnc2SCC(=O)NCCN2CCOCC2)c1. The summed E-state index contributed by atoms with van der Waals surface area (Å²) in [7, 11) is 0. The van der Waals surface area contributed by atoms with E-state index in [2.05, 4.69) is 47.2 Å². The lowest BCUT2D eigenvalue weighted by atomic mass is 10.1. The Bertz CT molecular complexity index is 741. The van der Waals surface area contributed by atoms with E-state index in [1.807, 2.05) is 10.8 Å². The molecule has 1 amide bonds. The number of benzene rings is 1. The van der Waals surface area contributed by atoms with Crippen molar-refractivity contribution in [3.05, 3.63) is 41.7 Å². The van der Waals surface area contributed by atoms with Crippen LogP contribution in [0.1, 0.15) is 11.1 Å². The average Bonchev–Trinajstić information content (AvgIpc) is 3.11. The molecule has 6 nitrogen and oxygen atoms in total. The zero-order chi connectivity index (χ0) is 18.4. The Labute approximate surface area is 158 Å². The van der Waals surface area contributed by atoms with Crippen LogP contribution in [0.15, 0.2) is 35.7 Å². The van der Waals surface area contributed by atoms with Gasteiger partial charge >= 0.3 is 0 Å². The number of nitrogens with zero attached hydrogens (tertiary/aromatic N) is 3. The lowest BCUT2D eigenvalue weighted by Gasteiger charge is -2.26. The van der Waals surface area contributed by atoms with Gasteiger partial charge in [0.05, 0.1) is 24.7 Å². The van der Waals surface area contributed by atoms with Crippen LogP contribution in [-0.2, 0) is 9.53 Å². The van der Waals surface area contributed by atoms with Crippen molar-refractivity contribution in [2.45, 2.75) is 19.0 Å². The summed E-state index contributed by atoms with van der Waals surface area (Å²) in [4.78, 5) is 18.9. The van der Waals surface area contributed by atoms with Crippen molar-refractivity contribution in [1.29, 1.82) is 0 Å². The molecule has 0 bridgehead atoms. The molecule has 2 aromatic rings. The van der Waals surface area contributed by atoms with Crippen LogP contribution in [0.25, 0.3) is 5.69 Å². The largest absolute Gasteiger partial charge is 0.379 e. The summed E-state index contributed by atoms with van der Waals surface area (Å²) in [6.07, 6.45) is 3.72. The zero-order valence-corrected chi connectivity index (χ0v) is 16.2. The van der Waals surface area contributed by atoms with Crippen LogP contribution in [0.3, 0.4) is 0 Å². The molecule has 0 saturated carbocycles. The van der Waals surface area contributed by atoms with Crippen molar-refractivity contribution in [1.82, 2.24) is 19.8 Å². The second kappa shape index (κ2) is 9.21.